The van der Waals surface area contributed by atoms with Crippen LogP contribution < -0.4 is 5.43 Å². The van der Waals surface area contributed by atoms with E-state index in [0.29, 0.717) is 17.1 Å². The number of carbonyl (C=O) groups is 2. The first-order valence-electron chi connectivity index (χ1n) is 6.94. The van der Waals surface area contributed by atoms with Crippen LogP contribution >= 0.6 is 0 Å². The fourth-order valence-electron chi connectivity index (χ4n) is 2.00. The van der Waals surface area contributed by atoms with Gasteiger partial charge in [-0.15, -0.1) is 0 Å². The molecule has 7 nitrogen and oxygen atoms in total. The van der Waals surface area contributed by atoms with E-state index in [2.05, 4.69) is 10.5 Å². The lowest BCUT2D eigenvalue weighted by Crippen LogP contribution is -2.16. The molecule has 120 valence electrons. The standard InChI is InChI=1S/C17H12N2O5/c20-16(15-5-2-8-23-15)19-18-10-13-6-7-14(24-13)11-3-1-4-12(9-11)17(21)22/h1-10H,(H,19,20)(H,21,22)/b18-10-. The summed E-state index contributed by atoms with van der Waals surface area (Å²) in [5.74, 6) is -0.428. The molecule has 0 spiro atoms. The highest BCUT2D eigenvalue weighted by Crippen LogP contribution is 2.22. The topological polar surface area (TPSA) is 105 Å². The largest absolute Gasteiger partial charge is 0.478 e. The number of hydrogen-bond acceptors (Lipinski definition) is 5. The molecule has 0 radical (unpaired) electrons. The van der Waals surface area contributed by atoms with E-state index in [1.807, 2.05) is 0 Å². The Morgan fingerprint density at radius 1 is 1.12 bits per heavy atom. The van der Waals surface area contributed by atoms with E-state index in [9.17, 15) is 9.59 Å². The average Bonchev–Trinajstić information content (AvgIpc) is 3.27. The van der Waals surface area contributed by atoms with Crippen molar-refractivity contribution in [2.45, 2.75) is 0 Å². The molecule has 0 bridgehead atoms. The van der Waals surface area contributed by atoms with Gasteiger partial charge in [0, 0.05) is 5.56 Å². The van der Waals surface area contributed by atoms with Crippen molar-refractivity contribution in [2.75, 3.05) is 0 Å². The maximum atomic E-state index is 11.6. The Morgan fingerprint density at radius 2 is 2.00 bits per heavy atom. The minimum absolute atomic E-state index is 0.151. The Kier molecular flexibility index (Phi) is 4.24. The number of amides is 1. The quantitative estimate of drug-likeness (QED) is 0.554. The van der Waals surface area contributed by atoms with Gasteiger partial charge < -0.3 is 13.9 Å². The Hall–Kier alpha value is -3.61. The van der Waals surface area contributed by atoms with Gasteiger partial charge in [-0.25, -0.2) is 10.2 Å². The number of hydrogen-bond donors (Lipinski definition) is 2. The van der Waals surface area contributed by atoms with Crippen molar-refractivity contribution in [1.29, 1.82) is 0 Å². The Bertz CT molecular complexity index is 893. The van der Waals surface area contributed by atoms with Crippen LogP contribution in [0.5, 0.6) is 0 Å². The van der Waals surface area contributed by atoms with Gasteiger partial charge in [0.25, 0.3) is 0 Å². The first-order valence-corrected chi connectivity index (χ1v) is 6.94. The number of nitrogens with one attached hydrogen (secondary N) is 1. The van der Waals surface area contributed by atoms with Crippen LogP contribution in [0.1, 0.15) is 26.7 Å². The summed E-state index contributed by atoms with van der Waals surface area (Å²) in [7, 11) is 0. The predicted molar refractivity (Wildman–Crippen MR) is 84.9 cm³/mol. The van der Waals surface area contributed by atoms with E-state index in [1.165, 1.54) is 30.7 Å². The number of furan rings is 2. The van der Waals surface area contributed by atoms with Crippen molar-refractivity contribution in [3.8, 4) is 11.3 Å². The number of hydrazone groups is 1. The summed E-state index contributed by atoms with van der Waals surface area (Å²) in [6.07, 6.45) is 2.73. The summed E-state index contributed by atoms with van der Waals surface area (Å²) < 4.78 is 10.5. The second kappa shape index (κ2) is 6.66. The number of carboxylic acid groups (broad SMARTS) is 1. The molecule has 0 atom stereocenters. The summed E-state index contributed by atoms with van der Waals surface area (Å²) in [5, 5.41) is 12.8. The Labute approximate surface area is 136 Å². The van der Waals surface area contributed by atoms with Crippen molar-refractivity contribution in [3.63, 3.8) is 0 Å². The molecular formula is C17H12N2O5. The van der Waals surface area contributed by atoms with Gasteiger partial charge in [0.05, 0.1) is 18.0 Å². The molecule has 0 unspecified atom stereocenters. The molecule has 2 heterocycles. The number of carboxylic acids is 1. The van der Waals surface area contributed by atoms with Crippen LogP contribution in [0, 0.1) is 0 Å². The molecule has 24 heavy (non-hydrogen) atoms. The van der Waals surface area contributed by atoms with Gasteiger partial charge in [0.15, 0.2) is 5.76 Å². The Balaban J connectivity index is 1.69. The maximum Gasteiger partial charge on any atom is 0.335 e. The Morgan fingerprint density at radius 3 is 2.75 bits per heavy atom. The van der Waals surface area contributed by atoms with E-state index in [1.54, 1.807) is 30.3 Å². The number of carbonyl (C=O) groups excluding carboxylic acids is 1. The zero-order valence-corrected chi connectivity index (χ0v) is 12.3. The minimum Gasteiger partial charge on any atom is -0.478 e. The van der Waals surface area contributed by atoms with Crippen molar-refractivity contribution in [3.05, 3.63) is 71.9 Å². The second-order valence-corrected chi connectivity index (χ2v) is 4.76. The third-order valence-corrected chi connectivity index (χ3v) is 3.12. The van der Waals surface area contributed by atoms with Crippen LogP contribution in [0.4, 0.5) is 0 Å². The molecule has 7 heteroatoms. The van der Waals surface area contributed by atoms with Gasteiger partial charge in [-0.1, -0.05) is 12.1 Å². The molecule has 1 aromatic carbocycles. The average molecular weight is 324 g/mol. The predicted octanol–water partition coefficient (Wildman–Crippen LogP) is 3.00. The fourth-order valence-corrected chi connectivity index (χ4v) is 2.00. The van der Waals surface area contributed by atoms with Crippen LogP contribution in [0.3, 0.4) is 0 Å². The van der Waals surface area contributed by atoms with E-state index < -0.39 is 11.9 Å². The normalized spacial score (nSPS) is 10.8. The zero-order valence-electron chi connectivity index (χ0n) is 12.3. The minimum atomic E-state index is -1.01. The number of rotatable bonds is 5. The summed E-state index contributed by atoms with van der Waals surface area (Å²) in [6, 6.07) is 12.9. The number of aromatic carboxylic acids is 1. The molecule has 2 aromatic heterocycles. The SMILES string of the molecule is O=C(O)c1cccc(-c2ccc(/C=N\NC(=O)c3ccco3)o2)c1. The lowest BCUT2D eigenvalue weighted by molar-refractivity contribution is 0.0696. The zero-order chi connectivity index (χ0) is 16.9. The number of benzene rings is 1. The third kappa shape index (κ3) is 3.41. The number of nitrogens with zero attached hydrogens (tertiary/aromatic N) is 1. The van der Waals surface area contributed by atoms with Crippen LogP contribution in [-0.4, -0.2) is 23.2 Å². The van der Waals surface area contributed by atoms with Gasteiger partial charge >= 0.3 is 11.9 Å². The molecule has 0 aliphatic heterocycles. The molecule has 3 aromatic rings. The van der Waals surface area contributed by atoms with Crippen LogP contribution in [0.25, 0.3) is 11.3 Å². The highest BCUT2D eigenvalue weighted by Gasteiger charge is 2.08. The van der Waals surface area contributed by atoms with Crippen LogP contribution in [-0.2, 0) is 0 Å². The lowest BCUT2D eigenvalue weighted by atomic mass is 10.1. The van der Waals surface area contributed by atoms with Crippen LogP contribution in [0.2, 0.25) is 0 Å². The molecule has 0 fully saturated rings. The molecule has 0 saturated carbocycles. The third-order valence-electron chi connectivity index (χ3n) is 3.12. The van der Waals surface area contributed by atoms with Gasteiger partial charge in [-0.2, -0.15) is 5.10 Å². The van der Waals surface area contributed by atoms with Crippen molar-refractivity contribution in [2.24, 2.45) is 5.10 Å². The second-order valence-electron chi connectivity index (χ2n) is 4.76. The summed E-state index contributed by atoms with van der Waals surface area (Å²) in [5.41, 5.74) is 3.11. The first-order chi connectivity index (χ1) is 11.6. The molecule has 2 N–H and O–H groups in total. The molecule has 1 amide bonds. The smallest absolute Gasteiger partial charge is 0.335 e. The lowest BCUT2D eigenvalue weighted by Gasteiger charge is -1.99. The maximum absolute atomic E-state index is 11.6. The highest BCUT2D eigenvalue weighted by molar-refractivity contribution is 5.92. The van der Waals surface area contributed by atoms with E-state index in [0.717, 1.165) is 0 Å². The van der Waals surface area contributed by atoms with Gasteiger partial charge in [0.1, 0.15) is 11.5 Å². The highest BCUT2D eigenvalue weighted by atomic mass is 16.4. The fraction of sp³-hybridized carbons (Fsp3) is 0. The van der Waals surface area contributed by atoms with E-state index in [4.69, 9.17) is 13.9 Å². The van der Waals surface area contributed by atoms with Gasteiger partial charge in [-0.3, -0.25) is 4.79 Å². The molecular weight excluding hydrogens is 312 g/mol. The molecule has 0 aliphatic carbocycles. The van der Waals surface area contributed by atoms with Crippen molar-refractivity contribution < 1.29 is 23.5 Å². The van der Waals surface area contributed by atoms with Gasteiger partial charge in [0.2, 0.25) is 0 Å². The first kappa shape index (κ1) is 15.3. The molecule has 3 rings (SSSR count). The molecule has 0 aliphatic rings. The van der Waals surface area contributed by atoms with Crippen LogP contribution in [0.15, 0.2) is 68.7 Å². The molecule has 0 saturated heterocycles. The van der Waals surface area contributed by atoms with Gasteiger partial charge in [-0.05, 0) is 36.4 Å². The summed E-state index contributed by atoms with van der Waals surface area (Å²) >= 11 is 0. The van der Waals surface area contributed by atoms with Crippen molar-refractivity contribution >= 4 is 18.1 Å². The van der Waals surface area contributed by atoms with E-state index >= 15 is 0 Å². The van der Waals surface area contributed by atoms with E-state index in [-0.39, 0.29) is 11.3 Å². The summed E-state index contributed by atoms with van der Waals surface area (Å²) in [6.45, 7) is 0. The monoisotopic (exact) mass is 324 g/mol. The van der Waals surface area contributed by atoms with Crippen molar-refractivity contribution in [1.82, 2.24) is 5.43 Å². The summed E-state index contributed by atoms with van der Waals surface area (Å²) in [4.78, 5) is 22.6.